The maximum atomic E-state index is 10.6. The Labute approximate surface area is 84.3 Å². The summed E-state index contributed by atoms with van der Waals surface area (Å²) in [5, 5.41) is 4.08. The van der Waals surface area contributed by atoms with E-state index in [0.717, 1.165) is 37.9 Å². The number of hydrogen-bond acceptors (Lipinski definition) is 3. The molecule has 0 N–H and O–H groups in total. The van der Waals surface area contributed by atoms with Gasteiger partial charge in [0, 0.05) is 12.5 Å². The molecular formula is C10H17N3O. The molecule has 1 heterocycles. The smallest absolute Gasteiger partial charge is 0.138 e. The van der Waals surface area contributed by atoms with Crippen molar-refractivity contribution in [2.45, 2.75) is 39.7 Å². The number of aromatic nitrogens is 3. The zero-order valence-corrected chi connectivity index (χ0v) is 8.81. The van der Waals surface area contributed by atoms with Gasteiger partial charge in [-0.05, 0) is 26.2 Å². The largest absolute Gasteiger partial charge is 0.303 e. The van der Waals surface area contributed by atoms with Crippen LogP contribution in [0.15, 0.2) is 6.33 Å². The minimum atomic E-state index is 0.207. The second-order valence-corrected chi connectivity index (χ2v) is 3.48. The van der Waals surface area contributed by atoms with Crippen molar-refractivity contribution in [1.29, 1.82) is 0 Å². The number of aryl methyl sites for hydroxylation is 2. The summed E-state index contributed by atoms with van der Waals surface area (Å²) >= 11 is 0. The van der Waals surface area contributed by atoms with Crippen molar-refractivity contribution in [3.63, 3.8) is 0 Å². The zero-order chi connectivity index (χ0) is 10.4. The van der Waals surface area contributed by atoms with Gasteiger partial charge in [-0.15, -0.1) is 0 Å². The first kappa shape index (κ1) is 10.9. The van der Waals surface area contributed by atoms with Crippen molar-refractivity contribution in [3.8, 4) is 0 Å². The molecule has 1 aromatic heterocycles. The fourth-order valence-corrected chi connectivity index (χ4v) is 1.41. The van der Waals surface area contributed by atoms with Crippen LogP contribution in [0.2, 0.25) is 0 Å². The Morgan fingerprint density at radius 1 is 1.64 bits per heavy atom. The van der Waals surface area contributed by atoms with E-state index in [0.29, 0.717) is 0 Å². The predicted octanol–water partition coefficient (Wildman–Crippen LogP) is 1.59. The van der Waals surface area contributed by atoms with Gasteiger partial charge in [-0.1, -0.05) is 6.92 Å². The molecule has 0 fully saturated rings. The molecule has 0 bridgehead atoms. The molecule has 1 rings (SSSR count). The van der Waals surface area contributed by atoms with E-state index in [-0.39, 0.29) is 5.92 Å². The SMILES string of the molecule is CCC(C=O)CCCn1ncnc1C. The van der Waals surface area contributed by atoms with Crippen LogP contribution in [-0.4, -0.2) is 21.1 Å². The number of hydrogen-bond donors (Lipinski definition) is 0. The Hall–Kier alpha value is -1.19. The molecule has 4 nitrogen and oxygen atoms in total. The summed E-state index contributed by atoms with van der Waals surface area (Å²) in [5.41, 5.74) is 0. The molecule has 0 saturated heterocycles. The van der Waals surface area contributed by atoms with E-state index < -0.39 is 0 Å². The molecule has 0 saturated carbocycles. The lowest BCUT2D eigenvalue weighted by atomic mass is 10.0. The number of carbonyl (C=O) groups is 1. The molecule has 0 aromatic carbocycles. The summed E-state index contributed by atoms with van der Waals surface area (Å²) in [4.78, 5) is 14.6. The lowest BCUT2D eigenvalue weighted by Gasteiger charge is -2.07. The average Bonchev–Trinajstić information content (AvgIpc) is 2.59. The molecule has 1 unspecified atom stereocenters. The van der Waals surface area contributed by atoms with Crippen LogP contribution in [0, 0.1) is 12.8 Å². The van der Waals surface area contributed by atoms with E-state index in [1.165, 1.54) is 0 Å². The van der Waals surface area contributed by atoms with Crippen LogP contribution >= 0.6 is 0 Å². The summed E-state index contributed by atoms with van der Waals surface area (Å²) < 4.78 is 1.87. The van der Waals surface area contributed by atoms with Crippen LogP contribution in [0.5, 0.6) is 0 Å². The van der Waals surface area contributed by atoms with E-state index in [1.54, 1.807) is 6.33 Å². The summed E-state index contributed by atoms with van der Waals surface area (Å²) in [6, 6.07) is 0. The molecular weight excluding hydrogens is 178 g/mol. The van der Waals surface area contributed by atoms with Gasteiger partial charge in [0.25, 0.3) is 0 Å². The van der Waals surface area contributed by atoms with E-state index in [1.807, 2.05) is 18.5 Å². The third-order valence-electron chi connectivity index (χ3n) is 2.47. The van der Waals surface area contributed by atoms with Gasteiger partial charge in [-0.2, -0.15) is 5.10 Å². The number of rotatable bonds is 6. The maximum absolute atomic E-state index is 10.6. The molecule has 14 heavy (non-hydrogen) atoms. The molecule has 0 aliphatic heterocycles. The third-order valence-corrected chi connectivity index (χ3v) is 2.47. The summed E-state index contributed by atoms with van der Waals surface area (Å²) in [7, 11) is 0. The molecule has 4 heteroatoms. The first-order chi connectivity index (χ1) is 6.77. The second kappa shape index (κ2) is 5.52. The van der Waals surface area contributed by atoms with Gasteiger partial charge in [0.1, 0.15) is 18.4 Å². The van der Waals surface area contributed by atoms with E-state index in [4.69, 9.17) is 0 Å². The number of nitrogens with zero attached hydrogens (tertiary/aromatic N) is 3. The highest BCUT2D eigenvalue weighted by Gasteiger charge is 2.04. The van der Waals surface area contributed by atoms with Gasteiger partial charge in [-0.3, -0.25) is 4.68 Å². The molecule has 1 aromatic rings. The highest BCUT2D eigenvalue weighted by atomic mass is 16.1. The summed E-state index contributed by atoms with van der Waals surface area (Å²) in [5.74, 6) is 1.14. The van der Waals surface area contributed by atoms with Crippen molar-refractivity contribution >= 4 is 6.29 Å². The molecule has 0 spiro atoms. The van der Waals surface area contributed by atoms with Crippen LogP contribution in [0.4, 0.5) is 0 Å². The van der Waals surface area contributed by atoms with Gasteiger partial charge < -0.3 is 4.79 Å². The van der Waals surface area contributed by atoms with Crippen molar-refractivity contribution in [1.82, 2.24) is 14.8 Å². The van der Waals surface area contributed by atoms with E-state index >= 15 is 0 Å². The highest BCUT2D eigenvalue weighted by molar-refractivity contribution is 5.53. The minimum absolute atomic E-state index is 0.207. The molecule has 1 atom stereocenters. The molecule has 0 aliphatic carbocycles. The van der Waals surface area contributed by atoms with Crippen LogP contribution in [-0.2, 0) is 11.3 Å². The van der Waals surface area contributed by atoms with Gasteiger partial charge >= 0.3 is 0 Å². The number of aldehydes is 1. The Kier molecular flexibility index (Phi) is 4.29. The van der Waals surface area contributed by atoms with Gasteiger partial charge in [-0.25, -0.2) is 4.98 Å². The maximum Gasteiger partial charge on any atom is 0.138 e. The lowest BCUT2D eigenvalue weighted by molar-refractivity contribution is -0.111. The minimum Gasteiger partial charge on any atom is -0.303 e. The Morgan fingerprint density at radius 2 is 2.43 bits per heavy atom. The Morgan fingerprint density at radius 3 is 2.93 bits per heavy atom. The predicted molar refractivity (Wildman–Crippen MR) is 53.8 cm³/mol. The highest BCUT2D eigenvalue weighted by Crippen LogP contribution is 2.08. The van der Waals surface area contributed by atoms with Gasteiger partial charge in [0.15, 0.2) is 0 Å². The lowest BCUT2D eigenvalue weighted by Crippen LogP contribution is -2.06. The molecule has 0 radical (unpaired) electrons. The Bertz CT molecular complexity index is 283. The van der Waals surface area contributed by atoms with Crippen LogP contribution in [0.25, 0.3) is 0 Å². The molecule has 0 amide bonds. The van der Waals surface area contributed by atoms with E-state index in [9.17, 15) is 4.79 Å². The van der Waals surface area contributed by atoms with Crippen LogP contribution in [0.3, 0.4) is 0 Å². The fraction of sp³-hybridized carbons (Fsp3) is 0.700. The van der Waals surface area contributed by atoms with Crippen LogP contribution in [0.1, 0.15) is 32.0 Å². The van der Waals surface area contributed by atoms with Crippen molar-refractivity contribution < 1.29 is 4.79 Å². The average molecular weight is 195 g/mol. The quantitative estimate of drug-likeness (QED) is 0.648. The zero-order valence-electron chi connectivity index (χ0n) is 8.81. The molecule has 78 valence electrons. The second-order valence-electron chi connectivity index (χ2n) is 3.48. The fourth-order valence-electron chi connectivity index (χ4n) is 1.41. The number of carbonyl (C=O) groups excluding carboxylic acids is 1. The van der Waals surface area contributed by atoms with Gasteiger partial charge in [0.05, 0.1) is 0 Å². The van der Waals surface area contributed by atoms with E-state index in [2.05, 4.69) is 10.1 Å². The molecule has 0 aliphatic rings. The first-order valence-corrected chi connectivity index (χ1v) is 5.07. The Balaban J connectivity index is 2.28. The van der Waals surface area contributed by atoms with Gasteiger partial charge in [0.2, 0.25) is 0 Å². The third kappa shape index (κ3) is 2.94. The standard InChI is InChI=1S/C10H17N3O/c1-3-10(7-14)5-4-6-13-9(2)11-8-12-13/h7-8,10H,3-6H2,1-2H3. The monoisotopic (exact) mass is 195 g/mol. The van der Waals surface area contributed by atoms with Crippen molar-refractivity contribution in [3.05, 3.63) is 12.2 Å². The first-order valence-electron chi connectivity index (χ1n) is 5.07. The summed E-state index contributed by atoms with van der Waals surface area (Å²) in [6.07, 6.45) is 5.47. The van der Waals surface area contributed by atoms with Crippen molar-refractivity contribution in [2.75, 3.05) is 0 Å². The van der Waals surface area contributed by atoms with Crippen molar-refractivity contribution in [2.24, 2.45) is 5.92 Å². The summed E-state index contributed by atoms with van der Waals surface area (Å²) in [6.45, 7) is 4.83. The normalized spacial score (nSPS) is 12.7. The topological polar surface area (TPSA) is 47.8 Å². The van der Waals surface area contributed by atoms with Crippen LogP contribution < -0.4 is 0 Å².